The SMILES string of the molecule is CC(C)(C)C(=O)ON1CCC(CCN2CCN(c3ccc(S(N)(=O)=O)c(F)c3)CC2)CC1. The van der Waals surface area contributed by atoms with Gasteiger partial charge in [0.1, 0.15) is 10.7 Å². The van der Waals surface area contributed by atoms with Crippen molar-refractivity contribution in [1.82, 2.24) is 9.96 Å². The number of hydroxylamine groups is 2. The molecule has 3 rings (SSSR count). The quantitative estimate of drug-likeness (QED) is 0.681. The molecule has 0 spiro atoms. The first kappa shape index (κ1) is 24.9. The second-order valence-corrected chi connectivity index (χ2v) is 11.3. The van der Waals surface area contributed by atoms with Crippen molar-refractivity contribution >= 4 is 21.7 Å². The van der Waals surface area contributed by atoms with E-state index in [1.807, 2.05) is 20.8 Å². The molecule has 32 heavy (non-hydrogen) atoms. The summed E-state index contributed by atoms with van der Waals surface area (Å²) >= 11 is 0. The molecule has 0 unspecified atom stereocenters. The molecule has 2 aliphatic rings. The first-order chi connectivity index (χ1) is 14.9. The van der Waals surface area contributed by atoms with Gasteiger partial charge < -0.3 is 9.74 Å². The first-order valence-corrected chi connectivity index (χ1v) is 12.7. The van der Waals surface area contributed by atoms with Crippen LogP contribution >= 0.6 is 0 Å². The highest BCUT2D eigenvalue weighted by Crippen LogP contribution is 2.25. The second-order valence-electron chi connectivity index (χ2n) is 9.78. The minimum atomic E-state index is -4.05. The zero-order chi connectivity index (χ0) is 23.5. The third-order valence-corrected chi connectivity index (χ3v) is 7.16. The number of rotatable bonds is 6. The first-order valence-electron chi connectivity index (χ1n) is 11.2. The maximum absolute atomic E-state index is 14.1. The van der Waals surface area contributed by atoms with Gasteiger partial charge in [0, 0.05) is 45.0 Å². The fraction of sp³-hybridized carbons (Fsp3) is 0.682. The summed E-state index contributed by atoms with van der Waals surface area (Å²) < 4.78 is 36.9. The average molecular weight is 471 g/mol. The normalized spacial score (nSPS) is 19.8. The van der Waals surface area contributed by atoms with Gasteiger partial charge in [-0.25, -0.2) is 22.7 Å². The van der Waals surface area contributed by atoms with Crippen LogP contribution in [-0.2, 0) is 19.7 Å². The number of piperidine rings is 1. The number of hydrogen-bond acceptors (Lipinski definition) is 7. The van der Waals surface area contributed by atoms with E-state index in [9.17, 15) is 17.6 Å². The fourth-order valence-corrected chi connectivity index (χ4v) is 4.64. The van der Waals surface area contributed by atoms with E-state index in [4.69, 9.17) is 9.98 Å². The summed E-state index contributed by atoms with van der Waals surface area (Å²) in [6, 6.07) is 4.09. The van der Waals surface area contributed by atoms with Crippen LogP contribution < -0.4 is 10.0 Å². The van der Waals surface area contributed by atoms with Gasteiger partial charge in [-0.15, -0.1) is 5.06 Å². The van der Waals surface area contributed by atoms with Crippen molar-refractivity contribution in [2.24, 2.45) is 16.5 Å². The van der Waals surface area contributed by atoms with Crippen LogP contribution in [0.1, 0.15) is 40.0 Å². The molecule has 0 radical (unpaired) electrons. The molecule has 0 atom stereocenters. The molecule has 0 aromatic heterocycles. The Kier molecular flexibility index (Phi) is 7.80. The number of nitrogens with zero attached hydrogens (tertiary/aromatic N) is 3. The van der Waals surface area contributed by atoms with Crippen LogP contribution in [0.5, 0.6) is 0 Å². The van der Waals surface area contributed by atoms with Gasteiger partial charge in [-0.05, 0) is 70.7 Å². The van der Waals surface area contributed by atoms with Crippen molar-refractivity contribution in [2.45, 2.75) is 44.9 Å². The summed E-state index contributed by atoms with van der Waals surface area (Å²) in [6.07, 6.45) is 3.15. The Morgan fingerprint density at radius 3 is 2.28 bits per heavy atom. The lowest BCUT2D eigenvalue weighted by molar-refractivity contribution is -0.206. The molecule has 0 saturated carbocycles. The molecule has 0 bridgehead atoms. The molecule has 2 fully saturated rings. The van der Waals surface area contributed by atoms with Crippen molar-refractivity contribution in [3.63, 3.8) is 0 Å². The van der Waals surface area contributed by atoms with Gasteiger partial charge in [0.05, 0.1) is 5.41 Å². The number of piperazine rings is 1. The second kappa shape index (κ2) is 10.0. The van der Waals surface area contributed by atoms with Crippen molar-refractivity contribution in [3.8, 4) is 0 Å². The molecule has 180 valence electrons. The monoisotopic (exact) mass is 470 g/mol. The van der Waals surface area contributed by atoms with E-state index in [1.54, 1.807) is 11.1 Å². The van der Waals surface area contributed by atoms with Crippen LogP contribution in [0.25, 0.3) is 0 Å². The molecule has 0 amide bonds. The maximum Gasteiger partial charge on any atom is 0.330 e. The van der Waals surface area contributed by atoms with Gasteiger partial charge in [-0.2, -0.15) is 0 Å². The molecule has 8 nitrogen and oxygen atoms in total. The van der Waals surface area contributed by atoms with Gasteiger partial charge in [-0.3, -0.25) is 4.90 Å². The lowest BCUT2D eigenvalue weighted by Gasteiger charge is -2.37. The fourth-order valence-electron chi connectivity index (χ4n) is 4.06. The van der Waals surface area contributed by atoms with Crippen molar-refractivity contribution in [2.75, 3.05) is 50.7 Å². The Bertz CT molecular complexity index is 903. The van der Waals surface area contributed by atoms with E-state index in [0.29, 0.717) is 11.6 Å². The Morgan fingerprint density at radius 1 is 1.12 bits per heavy atom. The van der Waals surface area contributed by atoms with Crippen LogP contribution in [0, 0.1) is 17.2 Å². The number of carbonyl (C=O) groups excluding carboxylic acids is 1. The number of nitrogens with two attached hydrogens (primary N) is 1. The smallest absolute Gasteiger partial charge is 0.330 e. The van der Waals surface area contributed by atoms with Crippen molar-refractivity contribution in [1.29, 1.82) is 0 Å². The number of benzene rings is 1. The minimum absolute atomic E-state index is 0.187. The Morgan fingerprint density at radius 2 is 1.75 bits per heavy atom. The van der Waals surface area contributed by atoms with Crippen LogP contribution in [0.4, 0.5) is 10.1 Å². The number of anilines is 1. The summed E-state index contributed by atoms with van der Waals surface area (Å²) in [6.45, 7) is 11.4. The lowest BCUT2D eigenvalue weighted by Crippen LogP contribution is -2.47. The largest absolute Gasteiger partial charge is 0.369 e. The summed E-state index contributed by atoms with van der Waals surface area (Å²) in [7, 11) is -4.05. The Balaban J connectivity index is 1.39. The predicted octanol–water partition coefficient (Wildman–Crippen LogP) is 2.20. The van der Waals surface area contributed by atoms with Crippen LogP contribution in [0.15, 0.2) is 23.1 Å². The molecule has 10 heteroatoms. The van der Waals surface area contributed by atoms with Gasteiger partial charge in [0.15, 0.2) is 0 Å². The Hall–Kier alpha value is -1.75. The molecule has 0 aliphatic carbocycles. The molecule has 2 N–H and O–H groups in total. The predicted molar refractivity (Wildman–Crippen MR) is 121 cm³/mol. The number of sulfonamides is 1. The molecule has 2 saturated heterocycles. The van der Waals surface area contributed by atoms with Gasteiger partial charge in [0.2, 0.25) is 10.0 Å². The number of carbonyl (C=O) groups is 1. The summed E-state index contributed by atoms with van der Waals surface area (Å²) in [4.78, 5) is 21.5. The van der Waals surface area contributed by atoms with E-state index in [0.717, 1.165) is 65.1 Å². The summed E-state index contributed by atoms with van der Waals surface area (Å²) in [5.41, 5.74) is 0.182. The van der Waals surface area contributed by atoms with Crippen LogP contribution in [0.3, 0.4) is 0 Å². The number of halogens is 1. The van der Waals surface area contributed by atoms with E-state index in [1.165, 1.54) is 12.1 Å². The zero-order valence-corrected chi connectivity index (χ0v) is 20.0. The molecule has 1 aromatic carbocycles. The average Bonchev–Trinajstić information content (AvgIpc) is 2.72. The topological polar surface area (TPSA) is 96.2 Å². The van der Waals surface area contributed by atoms with Gasteiger partial charge in [-0.1, -0.05) is 0 Å². The Labute approximate surface area is 190 Å². The number of hydrogen-bond donors (Lipinski definition) is 1. The van der Waals surface area contributed by atoms with E-state index >= 15 is 0 Å². The maximum atomic E-state index is 14.1. The van der Waals surface area contributed by atoms with Crippen molar-refractivity contribution < 1.29 is 22.4 Å². The van der Waals surface area contributed by atoms with Crippen LogP contribution in [0.2, 0.25) is 0 Å². The van der Waals surface area contributed by atoms with Gasteiger partial charge >= 0.3 is 5.97 Å². The minimum Gasteiger partial charge on any atom is -0.369 e. The highest BCUT2D eigenvalue weighted by Gasteiger charge is 2.29. The molecule has 2 heterocycles. The molecular weight excluding hydrogens is 435 g/mol. The molecule has 1 aromatic rings. The van der Waals surface area contributed by atoms with Gasteiger partial charge in [0.25, 0.3) is 0 Å². The molecule has 2 aliphatic heterocycles. The third kappa shape index (κ3) is 6.63. The van der Waals surface area contributed by atoms with Crippen LogP contribution in [-0.4, -0.2) is 70.2 Å². The summed E-state index contributed by atoms with van der Waals surface area (Å²) in [5.74, 6) is -0.377. The van der Waals surface area contributed by atoms with Crippen molar-refractivity contribution in [3.05, 3.63) is 24.0 Å². The summed E-state index contributed by atoms with van der Waals surface area (Å²) in [5, 5.41) is 6.83. The molecular formula is C22H35FN4O4S. The lowest BCUT2D eigenvalue weighted by atomic mass is 9.94. The highest BCUT2D eigenvalue weighted by molar-refractivity contribution is 7.89. The highest BCUT2D eigenvalue weighted by atomic mass is 32.2. The van der Waals surface area contributed by atoms with E-state index in [-0.39, 0.29) is 5.97 Å². The zero-order valence-electron chi connectivity index (χ0n) is 19.2. The standard InChI is InChI=1S/C22H35FN4O4S/c1-22(2,3)21(28)31-27-10-7-17(8-11-27)6-9-25-12-14-26(15-13-25)18-4-5-20(19(23)16-18)32(24,29)30/h4-5,16-17H,6-15H2,1-3H3,(H2,24,29,30). The third-order valence-electron chi connectivity index (χ3n) is 6.21. The number of primary sulfonamides is 1. The van der Waals surface area contributed by atoms with E-state index < -0.39 is 26.2 Å². The van der Waals surface area contributed by atoms with E-state index in [2.05, 4.69) is 9.80 Å².